The SMILES string of the molecule is Cc1nnc2ccc(-c3ccc(NC(=O)CSc4nc5ccccc5s4)cc3)nn12. The number of carbonyl (C=O) groups excluding carboxylic acids is 1. The molecule has 0 aliphatic carbocycles. The molecule has 3 aromatic heterocycles. The summed E-state index contributed by atoms with van der Waals surface area (Å²) in [6.45, 7) is 1.86. The van der Waals surface area contributed by atoms with Crippen LogP contribution in [0, 0.1) is 6.92 Å². The average Bonchev–Trinajstić information content (AvgIpc) is 3.36. The fraction of sp³-hybridized carbons (Fsp3) is 0.0952. The van der Waals surface area contributed by atoms with Gasteiger partial charge in [-0.3, -0.25) is 4.79 Å². The van der Waals surface area contributed by atoms with Crippen LogP contribution in [0.1, 0.15) is 5.82 Å². The molecule has 2 aromatic carbocycles. The standard InChI is InChI=1S/C21H16N6OS2/c1-13-24-25-19-11-10-16(26-27(13)19)14-6-8-15(9-7-14)22-20(28)12-29-21-23-17-4-2-3-5-18(17)30-21/h2-11H,12H2,1H3,(H,22,28). The molecule has 7 nitrogen and oxygen atoms in total. The van der Waals surface area contributed by atoms with Gasteiger partial charge in [-0.05, 0) is 43.3 Å². The molecule has 0 fully saturated rings. The van der Waals surface area contributed by atoms with Crippen LogP contribution < -0.4 is 5.32 Å². The third-order valence-corrected chi connectivity index (χ3v) is 6.66. The monoisotopic (exact) mass is 432 g/mol. The molecule has 1 amide bonds. The zero-order chi connectivity index (χ0) is 20.5. The van der Waals surface area contributed by atoms with E-state index in [1.807, 2.05) is 67.6 Å². The van der Waals surface area contributed by atoms with Crippen LogP contribution in [0.2, 0.25) is 0 Å². The van der Waals surface area contributed by atoms with Crippen molar-refractivity contribution in [2.24, 2.45) is 0 Å². The number of anilines is 1. The van der Waals surface area contributed by atoms with Crippen LogP contribution in [-0.4, -0.2) is 36.5 Å². The van der Waals surface area contributed by atoms with E-state index in [4.69, 9.17) is 0 Å². The molecule has 0 atom stereocenters. The van der Waals surface area contributed by atoms with E-state index < -0.39 is 0 Å². The van der Waals surface area contributed by atoms with Crippen LogP contribution in [0.3, 0.4) is 0 Å². The predicted molar refractivity (Wildman–Crippen MR) is 120 cm³/mol. The molecule has 0 aliphatic rings. The highest BCUT2D eigenvalue weighted by molar-refractivity contribution is 8.01. The molecule has 0 unspecified atom stereocenters. The van der Waals surface area contributed by atoms with Crippen molar-refractivity contribution in [1.29, 1.82) is 0 Å². The summed E-state index contributed by atoms with van der Waals surface area (Å²) in [4.78, 5) is 16.9. The van der Waals surface area contributed by atoms with E-state index >= 15 is 0 Å². The van der Waals surface area contributed by atoms with Gasteiger partial charge in [0, 0.05) is 11.3 Å². The highest BCUT2D eigenvalue weighted by Gasteiger charge is 2.09. The fourth-order valence-electron chi connectivity index (χ4n) is 3.01. The molecule has 0 saturated carbocycles. The summed E-state index contributed by atoms with van der Waals surface area (Å²) < 4.78 is 3.74. The first-order chi connectivity index (χ1) is 14.7. The number of hydrogen-bond donors (Lipinski definition) is 1. The number of thiazole rings is 1. The maximum atomic E-state index is 12.3. The lowest BCUT2D eigenvalue weighted by molar-refractivity contribution is -0.113. The average molecular weight is 433 g/mol. The molecule has 30 heavy (non-hydrogen) atoms. The summed E-state index contributed by atoms with van der Waals surface area (Å²) in [6, 6.07) is 19.4. The molecule has 5 aromatic rings. The Kier molecular flexibility index (Phi) is 4.89. The topological polar surface area (TPSA) is 85.1 Å². The largest absolute Gasteiger partial charge is 0.325 e. The van der Waals surface area contributed by atoms with E-state index in [0.29, 0.717) is 11.4 Å². The molecular formula is C21H16N6OS2. The van der Waals surface area contributed by atoms with Gasteiger partial charge in [0.05, 0.1) is 21.7 Å². The van der Waals surface area contributed by atoms with Crippen LogP contribution in [0.4, 0.5) is 5.69 Å². The first-order valence-corrected chi connectivity index (χ1v) is 11.0. The minimum absolute atomic E-state index is 0.0633. The Morgan fingerprint density at radius 3 is 2.73 bits per heavy atom. The summed E-state index contributed by atoms with van der Waals surface area (Å²) >= 11 is 3.05. The number of aryl methyl sites for hydroxylation is 1. The zero-order valence-corrected chi connectivity index (χ0v) is 17.6. The van der Waals surface area contributed by atoms with Crippen LogP contribution in [-0.2, 0) is 4.79 Å². The maximum Gasteiger partial charge on any atom is 0.234 e. The number of carbonyl (C=O) groups is 1. The van der Waals surface area contributed by atoms with Crippen LogP contribution in [0.15, 0.2) is 65.0 Å². The number of fused-ring (bicyclic) bond motifs is 2. The minimum atomic E-state index is -0.0633. The Labute approximate surface area is 180 Å². The lowest BCUT2D eigenvalue weighted by atomic mass is 10.1. The van der Waals surface area contributed by atoms with Crippen molar-refractivity contribution >= 4 is 50.6 Å². The Morgan fingerprint density at radius 1 is 1.07 bits per heavy atom. The van der Waals surface area contributed by atoms with Crippen molar-refractivity contribution in [2.45, 2.75) is 11.3 Å². The predicted octanol–water partition coefficient (Wildman–Crippen LogP) is 4.44. The van der Waals surface area contributed by atoms with E-state index in [2.05, 4.69) is 25.6 Å². The second kappa shape index (κ2) is 7.85. The van der Waals surface area contributed by atoms with Crippen LogP contribution >= 0.6 is 23.1 Å². The number of thioether (sulfide) groups is 1. The van der Waals surface area contributed by atoms with Crippen LogP contribution in [0.25, 0.3) is 27.1 Å². The van der Waals surface area contributed by atoms with Crippen molar-refractivity contribution in [3.8, 4) is 11.3 Å². The van der Waals surface area contributed by atoms with Crippen molar-refractivity contribution in [3.63, 3.8) is 0 Å². The van der Waals surface area contributed by atoms with E-state index in [9.17, 15) is 4.79 Å². The van der Waals surface area contributed by atoms with E-state index in [1.165, 1.54) is 11.8 Å². The number of hydrogen-bond acceptors (Lipinski definition) is 7. The molecule has 0 saturated heterocycles. The summed E-state index contributed by atoms with van der Waals surface area (Å²) in [5, 5.41) is 15.6. The molecular weight excluding hydrogens is 416 g/mol. The molecule has 5 rings (SSSR count). The van der Waals surface area contributed by atoms with Gasteiger partial charge < -0.3 is 5.32 Å². The number of benzene rings is 2. The molecule has 0 spiro atoms. The van der Waals surface area contributed by atoms with Crippen molar-refractivity contribution < 1.29 is 4.79 Å². The van der Waals surface area contributed by atoms with Gasteiger partial charge in [-0.2, -0.15) is 9.61 Å². The Hall–Kier alpha value is -3.30. The number of amides is 1. The number of nitrogens with one attached hydrogen (secondary N) is 1. The lowest BCUT2D eigenvalue weighted by Gasteiger charge is -2.06. The quantitative estimate of drug-likeness (QED) is 0.413. The maximum absolute atomic E-state index is 12.3. The van der Waals surface area contributed by atoms with E-state index in [0.717, 1.165) is 37.3 Å². The highest BCUT2D eigenvalue weighted by Crippen LogP contribution is 2.29. The molecule has 0 aliphatic heterocycles. The van der Waals surface area contributed by atoms with Gasteiger partial charge in [-0.15, -0.1) is 21.5 Å². The summed E-state index contributed by atoms with van der Waals surface area (Å²) in [5.41, 5.74) is 4.19. The Bertz CT molecular complexity index is 1330. The molecule has 148 valence electrons. The van der Waals surface area contributed by atoms with Crippen molar-refractivity contribution in [1.82, 2.24) is 24.8 Å². The smallest absolute Gasteiger partial charge is 0.234 e. The summed E-state index contributed by atoms with van der Waals surface area (Å²) in [6.07, 6.45) is 0. The van der Waals surface area contributed by atoms with Crippen LogP contribution in [0.5, 0.6) is 0 Å². The van der Waals surface area contributed by atoms with Gasteiger partial charge >= 0.3 is 0 Å². The summed E-state index contributed by atoms with van der Waals surface area (Å²) in [7, 11) is 0. The first-order valence-electron chi connectivity index (χ1n) is 9.23. The zero-order valence-electron chi connectivity index (χ0n) is 15.9. The highest BCUT2D eigenvalue weighted by atomic mass is 32.2. The molecule has 9 heteroatoms. The molecule has 0 bridgehead atoms. The summed E-state index contributed by atoms with van der Waals surface area (Å²) in [5.74, 6) is 0.986. The number of nitrogens with zero attached hydrogens (tertiary/aromatic N) is 5. The minimum Gasteiger partial charge on any atom is -0.325 e. The van der Waals surface area contributed by atoms with Crippen molar-refractivity contribution in [3.05, 3.63) is 66.5 Å². The third-order valence-electron chi connectivity index (χ3n) is 4.48. The number of aromatic nitrogens is 5. The Balaban J connectivity index is 1.23. The van der Waals surface area contributed by atoms with E-state index in [1.54, 1.807) is 15.9 Å². The van der Waals surface area contributed by atoms with E-state index in [-0.39, 0.29) is 5.91 Å². The van der Waals surface area contributed by atoms with Gasteiger partial charge in [0.15, 0.2) is 15.8 Å². The second-order valence-corrected chi connectivity index (χ2v) is 8.85. The fourth-order valence-corrected chi connectivity index (χ4v) is 4.88. The number of para-hydroxylation sites is 1. The van der Waals surface area contributed by atoms with Gasteiger partial charge in [0.25, 0.3) is 0 Å². The molecule has 1 N–H and O–H groups in total. The van der Waals surface area contributed by atoms with Gasteiger partial charge in [-0.25, -0.2) is 4.98 Å². The first kappa shape index (κ1) is 18.7. The van der Waals surface area contributed by atoms with Gasteiger partial charge in [0.1, 0.15) is 0 Å². The molecule has 0 radical (unpaired) electrons. The van der Waals surface area contributed by atoms with Crippen molar-refractivity contribution in [2.75, 3.05) is 11.1 Å². The lowest BCUT2D eigenvalue weighted by Crippen LogP contribution is -2.13. The number of rotatable bonds is 5. The molecule has 3 heterocycles. The van der Waals surface area contributed by atoms with Gasteiger partial charge in [0.2, 0.25) is 5.91 Å². The second-order valence-electron chi connectivity index (χ2n) is 6.60. The third kappa shape index (κ3) is 3.77. The Morgan fingerprint density at radius 2 is 1.90 bits per heavy atom. The van der Waals surface area contributed by atoms with Gasteiger partial charge in [-0.1, -0.05) is 36.0 Å². The normalized spacial score (nSPS) is 11.2.